The van der Waals surface area contributed by atoms with Crippen LogP contribution >= 0.6 is 0 Å². The van der Waals surface area contributed by atoms with Crippen LogP contribution in [0.15, 0.2) is 0 Å². The molecule has 0 spiro atoms. The summed E-state index contributed by atoms with van der Waals surface area (Å²) >= 11 is 0. The molecule has 10 aliphatic rings. The Labute approximate surface area is 748 Å². The van der Waals surface area contributed by atoms with Gasteiger partial charge in [-0.2, -0.15) is 8.42 Å². The number of hydrogen-bond acceptors (Lipinski definition) is 52. The number of nitrogens with one attached hydrogen (secondary N) is 6. The number of rotatable bonds is 35. The third-order valence-electron chi connectivity index (χ3n) is 23.4. The molecular formula is C72H120N6O53S. The normalized spacial score (nSPS) is 46.8. The molecule has 50 atom stereocenters. The van der Waals surface area contributed by atoms with Crippen LogP contribution in [0.25, 0.3) is 0 Å². The van der Waals surface area contributed by atoms with Crippen molar-refractivity contribution in [2.24, 2.45) is 0 Å². The fourth-order valence-corrected chi connectivity index (χ4v) is 17.4. The van der Waals surface area contributed by atoms with Crippen LogP contribution in [0.5, 0.6) is 0 Å². The smallest absolute Gasteiger partial charge is 0.394 e. The number of ether oxygens (including phenoxy) is 19. The van der Waals surface area contributed by atoms with E-state index < -0.39 is 412 Å². The van der Waals surface area contributed by atoms with Crippen LogP contribution in [0, 0.1) is 0 Å². The van der Waals surface area contributed by atoms with Crippen molar-refractivity contribution in [3.05, 3.63) is 0 Å². The minimum atomic E-state index is -5.49. The molecule has 0 bridgehead atoms. The molecule has 132 heavy (non-hydrogen) atoms. The minimum Gasteiger partial charge on any atom is -0.394 e. The highest BCUT2D eigenvalue weighted by molar-refractivity contribution is 7.80. The molecule has 10 fully saturated rings. The molecular weight excluding hydrogens is 1830 g/mol. The lowest BCUT2D eigenvalue weighted by atomic mass is 9.93. The van der Waals surface area contributed by atoms with Crippen LogP contribution < -0.4 is 31.9 Å². The number of carbonyl (C=O) groups is 6. The van der Waals surface area contributed by atoms with Gasteiger partial charge in [0.1, 0.15) is 238 Å². The van der Waals surface area contributed by atoms with Crippen LogP contribution in [0.3, 0.4) is 0 Å². The van der Waals surface area contributed by atoms with Crippen LogP contribution in [0.1, 0.15) is 48.5 Å². The largest absolute Gasteiger partial charge is 0.397 e. The van der Waals surface area contributed by atoms with Crippen molar-refractivity contribution in [3.8, 4) is 0 Å². The van der Waals surface area contributed by atoms with Gasteiger partial charge in [0.05, 0.1) is 65.6 Å². The Morgan fingerprint density at radius 3 is 0.909 bits per heavy atom. The predicted molar refractivity (Wildman–Crippen MR) is 408 cm³/mol. The molecule has 10 rings (SSSR count). The second-order valence-electron chi connectivity index (χ2n) is 33.0. The molecule has 0 aromatic carbocycles. The molecule has 0 saturated carbocycles. The van der Waals surface area contributed by atoms with E-state index in [1.807, 2.05) is 0 Å². The highest BCUT2D eigenvalue weighted by Crippen LogP contribution is 2.42. The van der Waals surface area contributed by atoms with Crippen LogP contribution in [0.2, 0.25) is 0 Å². The summed E-state index contributed by atoms with van der Waals surface area (Å²) in [6.45, 7) is -4.18. The topological polar surface area (TPSA) is 899 Å². The summed E-state index contributed by atoms with van der Waals surface area (Å²) in [5.74, 6) is -5.93. The maximum absolute atomic E-state index is 13.5. The molecule has 0 aromatic rings. The van der Waals surface area contributed by atoms with Crippen molar-refractivity contribution < 1.29 is 258 Å². The van der Waals surface area contributed by atoms with E-state index in [0.29, 0.717) is 0 Å². The van der Waals surface area contributed by atoms with Gasteiger partial charge >= 0.3 is 10.4 Å². The first-order valence-electron chi connectivity index (χ1n) is 41.6. The number of carbonyl (C=O) groups excluding carboxylic acids is 6. The third-order valence-corrected chi connectivity index (χ3v) is 23.9. The molecule has 10 heterocycles. The zero-order valence-corrected chi connectivity index (χ0v) is 72.1. The van der Waals surface area contributed by atoms with E-state index in [9.17, 15) is 164 Å². The van der Waals surface area contributed by atoms with Crippen LogP contribution in [-0.2, 0) is 133 Å². The molecule has 60 heteroatoms. The fourth-order valence-electron chi connectivity index (χ4n) is 16.8. The first-order chi connectivity index (χ1) is 62.1. The maximum atomic E-state index is 13.5. The second-order valence-corrected chi connectivity index (χ2v) is 34.0. The van der Waals surface area contributed by atoms with Crippen LogP contribution in [0.4, 0.5) is 0 Å². The summed E-state index contributed by atoms with van der Waals surface area (Å²) in [4.78, 5) is 78.0. The molecule has 0 aliphatic carbocycles. The number of aliphatic hydroxyl groups excluding tert-OH is 24. The third kappa shape index (κ3) is 25.2. The zero-order chi connectivity index (χ0) is 97.6. The lowest BCUT2D eigenvalue weighted by molar-refractivity contribution is -0.408. The predicted octanol–water partition coefficient (Wildman–Crippen LogP) is -21.1. The molecule has 10 saturated heterocycles. The van der Waals surface area contributed by atoms with Gasteiger partial charge < -0.3 is 244 Å². The first-order valence-corrected chi connectivity index (χ1v) is 43.0. The maximum Gasteiger partial charge on any atom is 0.397 e. The van der Waals surface area contributed by atoms with Gasteiger partial charge in [-0.05, 0) is 6.92 Å². The Morgan fingerprint density at radius 1 is 0.250 bits per heavy atom. The average molecular weight is 1950 g/mol. The zero-order valence-electron chi connectivity index (χ0n) is 71.3. The Kier molecular flexibility index (Phi) is 39.0. The second kappa shape index (κ2) is 47.3. The number of amides is 6. The van der Waals surface area contributed by atoms with E-state index >= 15 is 0 Å². The molecule has 6 amide bonds. The standard InChI is InChI=1S/C72H120N6O53S/c1-17-39(92)50(103)53(106)69(114-17)112-15-31-57(46(99)33(63(108)115-31)73-18(2)86)125-66-36(76-21(5)89)48(101)56(29(13-84)120-66)126-70-54(107)60(128-72-62(52(105)43(96)27(11-82)119-72)130-68-37(77-22(6)90)47(100)55(28(12-83)121-68)124-67-38(78-23(7)91)49(102)58(30(14-85)122-67)131-132(109,110)111)59(127-64-34(74-19(3)87)44(97)40(93)24(8-79)116-64)32(123-70)16-113-71-61(51(104)42(95)26(10-81)118-71)129-65-35(75-20(4)88)45(98)41(94)25(9-80)117-65/h17,24-72,79-85,92-108H,8-16H2,1-7H3,(H,73,86)(H,74,87)(H,75,88)(H,76,89)(H,77,90)(H,78,91)(H,109,110,111)/t17-,24+,25+,26+,27+,28+,29+,30+,31+,32+,33+,34+,35+,36+,37+,38+,39+,40+,41+,42+,43+,44+,45+,46+,47+,48+,49+,50+,51-,52-,53-,54-,55+,56+,57+,58-,59+,60+,61-,62-,63?,64-,65-,66-,67-,68-,69+,70-,71-,72+/m0/s1. The van der Waals surface area contributed by atoms with E-state index in [4.69, 9.17) is 90.0 Å². The van der Waals surface area contributed by atoms with Crippen molar-refractivity contribution in [1.82, 2.24) is 31.9 Å². The van der Waals surface area contributed by atoms with E-state index in [0.717, 1.165) is 41.5 Å². The van der Waals surface area contributed by atoms with Crippen molar-refractivity contribution in [2.45, 2.75) is 355 Å². The monoisotopic (exact) mass is 1950 g/mol. The fraction of sp³-hybridized carbons (Fsp3) is 0.917. The Morgan fingerprint density at radius 2 is 0.523 bits per heavy atom. The summed E-state index contributed by atoms with van der Waals surface area (Å²) in [5, 5.41) is 288. The van der Waals surface area contributed by atoms with Crippen LogP contribution in [-0.4, -0.2) is 537 Å². The molecule has 59 nitrogen and oxygen atoms in total. The highest BCUT2D eigenvalue weighted by atomic mass is 32.3. The molecule has 0 radical (unpaired) electrons. The van der Waals surface area contributed by atoms with Gasteiger partial charge in [-0.25, -0.2) is 4.18 Å². The summed E-state index contributed by atoms with van der Waals surface area (Å²) in [5.41, 5.74) is 0. The SMILES string of the molecule is CC(=O)N[C@H]1[C@H](O[C@H]2[C@H](O)[C@@H](NC(C)=O)[C@H](O[C@@H]3[C@@H](O[C@@H]4[C@H](O)[C@H](O[C@H]5[C@H](O)[C@@H](NC(C)=O)[C@H](O[C@H]6[C@H](O)[C@@H](NC(C)=O)C(O)O[C@@H]6CO[C@@H]6O[C@@H](C)[C@@H](O)[C@@H](O)[C@@H]6O)O[C@@H]5CO)O[C@H](CO[C@H]5O[C@H](CO)[C@@H](O)[C@H](O)[C@@H]5O[C@@H]5O[C@H](CO)[C@@H](O)[C@H](O)[C@H]5NC(C)=O)[C@H]4O[C@@H]4O[C@H](CO)[C@@H](O)[C@H](O)[C@H]4NC(C)=O)O[C@H](CO)[C@@H](O)[C@@H]3O)O[C@@H]2CO)O[C@H](CO)[C@H](OS(=O)(=O)O)[C@@H]1O. The van der Waals surface area contributed by atoms with Crippen molar-refractivity contribution in [3.63, 3.8) is 0 Å². The van der Waals surface area contributed by atoms with E-state index in [1.54, 1.807) is 0 Å². The molecule has 31 N–H and O–H groups in total. The van der Waals surface area contributed by atoms with Gasteiger partial charge in [0, 0.05) is 41.5 Å². The Balaban J connectivity index is 1.09. The van der Waals surface area contributed by atoms with Gasteiger partial charge in [0.25, 0.3) is 0 Å². The van der Waals surface area contributed by atoms with Crippen molar-refractivity contribution >= 4 is 45.8 Å². The van der Waals surface area contributed by atoms with Gasteiger partial charge in [-0.1, -0.05) is 0 Å². The van der Waals surface area contributed by atoms with Gasteiger partial charge in [-0.15, -0.1) is 0 Å². The van der Waals surface area contributed by atoms with E-state index in [1.165, 1.54) is 6.92 Å². The first kappa shape index (κ1) is 109. The Hall–Kier alpha value is -5.03. The number of aliphatic hydroxyl groups is 24. The Bertz CT molecular complexity index is 3840. The van der Waals surface area contributed by atoms with E-state index in [-0.39, 0.29) is 0 Å². The summed E-state index contributed by atoms with van der Waals surface area (Å²) in [7, 11) is -5.49. The summed E-state index contributed by atoms with van der Waals surface area (Å²) < 4.78 is 154. The van der Waals surface area contributed by atoms with Crippen molar-refractivity contribution in [2.75, 3.05) is 59.5 Å². The van der Waals surface area contributed by atoms with E-state index in [2.05, 4.69) is 36.1 Å². The molecule has 10 aliphatic heterocycles. The quantitative estimate of drug-likeness (QED) is 0.0262. The van der Waals surface area contributed by atoms with Gasteiger partial charge in [0.2, 0.25) is 35.4 Å². The van der Waals surface area contributed by atoms with Crippen molar-refractivity contribution in [1.29, 1.82) is 0 Å². The van der Waals surface area contributed by atoms with Gasteiger partial charge in [0.15, 0.2) is 62.9 Å². The molecule has 762 valence electrons. The number of hydrogen-bond donors (Lipinski definition) is 31. The van der Waals surface area contributed by atoms with Gasteiger partial charge in [-0.3, -0.25) is 33.3 Å². The average Bonchev–Trinajstić information content (AvgIpc) is 0.758. The minimum absolute atomic E-state index is 0.858. The lowest BCUT2D eigenvalue weighted by Crippen LogP contribution is -2.72. The molecule has 0 aromatic heterocycles. The molecule has 1 unspecified atom stereocenters. The highest BCUT2D eigenvalue weighted by Gasteiger charge is 2.63. The summed E-state index contributed by atoms with van der Waals surface area (Å²) in [6, 6.07) is -12.0. The summed E-state index contributed by atoms with van der Waals surface area (Å²) in [6.07, 6.45) is -96.5. The lowest BCUT2D eigenvalue weighted by Gasteiger charge is -2.52.